The van der Waals surface area contributed by atoms with E-state index in [1.165, 1.54) is 12.1 Å². The second kappa shape index (κ2) is 7.50. The van der Waals surface area contributed by atoms with E-state index in [9.17, 15) is 9.18 Å². The van der Waals surface area contributed by atoms with Crippen molar-refractivity contribution in [3.8, 4) is 0 Å². The zero-order valence-corrected chi connectivity index (χ0v) is 15.6. The predicted octanol–water partition coefficient (Wildman–Crippen LogP) is 2.49. The van der Waals surface area contributed by atoms with Crippen LogP contribution in [0, 0.1) is 12.7 Å². The molecule has 2 saturated heterocycles. The molecule has 0 unspecified atom stereocenters. The van der Waals surface area contributed by atoms with Crippen molar-refractivity contribution in [2.75, 3.05) is 49.1 Å². The summed E-state index contributed by atoms with van der Waals surface area (Å²) in [5, 5.41) is 0. The Morgan fingerprint density at radius 3 is 2.22 bits per heavy atom. The molecule has 0 aliphatic carbocycles. The molecule has 6 nitrogen and oxygen atoms in total. The zero-order chi connectivity index (χ0) is 18.8. The van der Waals surface area contributed by atoms with Gasteiger partial charge in [0.15, 0.2) is 0 Å². The van der Waals surface area contributed by atoms with Gasteiger partial charge in [0.25, 0.3) is 5.91 Å². The smallest absolute Gasteiger partial charge is 0.272 e. The molecule has 4 rings (SSSR count). The molecule has 2 aliphatic heterocycles. The molecule has 0 saturated carbocycles. The third-order valence-corrected chi connectivity index (χ3v) is 5.23. The van der Waals surface area contributed by atoms with E-state index in [4.69, 9.17) is 0 Å². The average Bonchev–Trinajstić information content (AvgIpc) is 3.22. The van der Waals surface area contributed by atoms with Gasteiger partial charge in [-0.2, -0.15) is 0 Å². The molecule has 7 heteroatoms. The number of carbonyl (C=O) groups is 1. The summed E-state index contributed by atoms with van der Waals surface area (Å²) in [4.78, 5) is 27.9. The Labute approximate surface area is 158 Å². The fourth-order valence-electron chi connectivity index (χ4n) is 3.75. The van der Waals surface area contributed by atoms with Gasteiger partial charge in [-0.1, -0.05) is 0 Å². The number of benzene rings is 1. The lowest BCUT2D eigenvalue weighted by Crippen LogP contribution is -2.47. The molecule has 1 aromatic heterocycles. The molecule has 1 amide bonds. The molecular weight excluding hydrogens is 345 g/mol. The van der Waals surface area contributed by atoms with E-state index in [0.29, 0.717) is 11.5 Å². The average molecular weight is 369 g/mol. The van der Waals surface area contributed by atoms with Crippen LogP contribution in [0.5, 0.6) is 0 Å². The van der Waals surface area contributed by atoms with Gasteiger partial charge in [-0.25, -0.2) is 14.4 Å². The molecule has 2 aromatic rings. The third kappa shape index (κ3) is 3.86. The van der Waals surface area contributed by atoms with Crippen molar-refractivity contribution in [1.82, 2.24) is 14.9 Å². The van der Waals surface area contributed by atoms with Crippen molar-refractivity contribution < 1.29 is 9.18 Å². The number of rotatable bonds is 3. The van der Waals surface area contributed by atoms with Crippen LogP contribution >= 0.6 is 0 Å². The molecule has 1 aromatic carbocycles. The summed E-state index contributed by atoms with van der Waals surface area (Å²) in [6, 6.07) is 8.43. The largest absolute Gasteiger partial charge is 0.368 e. The van der Waals surface area contributed by atoms with Gasteiger partial charge in [0.2, 0.25) is 0 Å². The van der Waals surface area contributed by atoms with Crippen LogP contribution in [0.25, 0.3) is 0 Å². The molecule has 27 heavy (non-hydrogen) atoms. The lowest BCUT2D eigenvalue weighted by molar-refractivity contribution is 0.0786. The lowest BCUT2D eigenvalue weighted by atomic mass is 10.2. The summed E-state index contributed by atoms with van der Waals surface area (Å²) in [5.74, 6) is 1.22. The highest BCUT2D eigenvalue weighted by molar-refractivity contribution is 5.93. The summed E-state index contributed by atoms with van der Waals surface area (Å²) in [5.41, 5.74) is 1.51. The summed E-state index contributed by atoms with van der Waals surface area (Å²) < 4.78 is 13.1. The van der Waals surface area contributed by atoms with E-state index in [2.05, 4.69) is 19.8 Å². The van der Waals surface area contributed by atoms with E-state index in [0.717, 1.165) is 63.6 Å². The third-order valence-electron chi connectivity index (χ3n) is 5.23. The molecule has 3 heterocycles. The van der Waals surface area contributed by atoms with Gasteiger partial charge in [-0.3, -0.25) is 4.79 Å². The summed E-state index contributed by atoms with van der Waals surface area (Å²) in [7, 11) is 0. The monoisotopic (exact) mass is 369 g/mol. The topological polar surface area (TPSA) is 52.6 Å². The zero-order valence-electron chi connectivity index (χ0n) is 15.6. The predicted molar refractivity (Wildman–Crippen MR) is 103 cm³/mol. The maximum absolute atomic E-state index is 13.1. The Hall–Kier alpha value is -2.70. The van der Waals surface area contributed by atoms with Crippen LogP contribution in [0.2, 0.25) is 0 Å². The number of likely N-dealkylation sites (tertiary alicyclic amines) is 1. The molecule has 0 radical (unpaired) electrons. The van der Waals surface area contributed by atoms with Gasteiger partial charge in [0, 0.05) is 51.0 Å². The molecule has 2 aliphatic rings. The number of amides is 1. The fraction of sp³-hybridized carbons (Fsp3) is 0.450. The Balaban J connectivity index is 1.46. The first-order chi connectivity index (χ1) is 13.1. The number of hydrogen-bond donors (Lipinski definition) is 0. The maximum Gasteiger partial charge on any atom is 0.272 e. The van der Waals surface area contributed by atoms with Crippen molar-refractivity contribution >= 4 is 17.4 Å². The highest BCUT2D eigenvalue weighted by atomic mass is 19.1. The standard InChI is InChI=1S/C20H24FN5O/c1-15-22-18(20(27)26-8-2-3-9-26)14-19(23-15)25-12-10-24(11-13-25)17-6-4-16(21)5-7-17/h4-7,14H,2-3,8-13H2,1H3. The van der Waals surface area contributed by atoms with E-state index in [1.807, 2.05) is 30.0 Å². The molecule has 142 valence electrons. The molecule has 0 bridgehead atoms. The van der Waals surface area contributed by atoms with Crippen molar-refractivity contribution in [2.45, 2.75) is 19.8 Å². The molecule has 0 atom stereocenters. The normalized spacial score (nSPS) is 17.5. The number of anilines is 2. The van der Waals surface area contributed by atoms with E-state index in [-0.39, 0.29) is 11.7 Å². The van der Waals surface area contributed by atoms with Crippen molar-refractivity contribution in [2.24, 2.45) is 0 Å². The minimum absolute atomic E-state index is 0.00389. The van der Waals surface area contributed by atoms with Gasteiger partial charge >= 0.3 is 0 Å². The van der Waals surface area contributed by atoms with Crippen LogP contribution in [-0.4, -0.2) is 60.0 Å². The van der Waals surface area contributed by atoms with Crippen LogP contribution in [-0.2, 0) is 0 Å². The number of aromatic nitrogens is 2. The fourth-order valence-corrected chi connectivity index (χ4v) is 3.75. The number of halogens is 1. The minimum Gasteiger partial charge on any atom is -0.368 e. The summed E-state index contributed by atoms with van der Waals surface area (Å²) in [6.45, 7) is 6.70. The first-order valence-corrected chi connectivity index (χ1v) is 9.50. The highest BCUT2D eigenvalue weighted by Crippen LogP contribution is 2.21. The number of nitrogens with zero attached hydrogens (tertiary/aromatic N) is 5. The van der Waals surface area contributed by atoms with Crippen molar-refractivity contribution in [1.29, 1.82) is 0 Å². The Bertz CT molecular complexity index is 812. The molecule has 2 fully saturated rings. The van der Waals surface area contributed by atoms with E-state index in [1.54, 1.807) is 0 Å². The molecular formula is C20H24FN5O. The number of piperazine rings is 1. The second-order valence-corrected chi connectivity index (χ2v) is 7.11. The minimum atomic E-state index is -0.218. The molecule has 0 N–H and O–H groups in total. The lowest BCUT2D eigenvalue weighted by Gasteiger charge is -2.36. The van der Waals surface area contributed by atoms with Crippen LogP contribution < -0.4 is 9.80 Å². The van der Waals surface area contributed by atoms with Crippen molar-refractivity contribution in [3.05, 3.63) is 47.7 Å². The van der Waals surface area contributed by atoms with Gasteiger partial charge < -0.3 is 14.7 Å². The Morgan fingerprint density at radius 1 is 0.926 bits per heavy atom. The Kier molecular flexibility index (Phi) is 4.92. The van der Waals surface area contributed by atoms with Crippen LogP contribution in [0.15, 0.2) is 30.3 Å². The Morgan fingerprint density at radius 2 is 1.56 bits per heavy atom. The molecule has 0 spiro atoms. The van der Waals surface area contributed by atoms with Gasteiger partial charge in [0.1, 0.15) is 23.2 Å². The van der Waals surface area contributed by atoms with E-state index < -0.39 is 0 Å². The van der Waals surface area contributed by atoms with Gasteiger partial charge in [-0.05, 0) is 44.0 Å². The van der Waals surface area contributed by atoms with Gasteiger partial charge in [-0.15, -0.1) is 0 Å². The first-order valence-electron chi connectivity index (χ1n) is 9.50. The summed E-state index contributed by atoms with van der Waals surface area (Å²) in [6.07, 6.45) is 2.13. The van der Waals surface area contributed by atoms with Crippen LogP contribution in [0.1, 0.15) is 29.2 Å². The number of hydrogen-bond acceptors (Lipinski definition) is 5. The quantitative estimate of drug-likeness (QED) is 0.832. The first kappa shape index (κ1) is 17.7. The van der Waals surface area contributed by atoms with Crippen LogP contribution in [0.4, 0.5) is 15.9 Å². The number of aryl methyl sites for hydroxylation is 1. The van der Waals surface area contributed by atoms with Crippen LogP contribution in [0.3, 0.4) is 0 Å². The second-order valence-electron chi connectivity index (χ2n) is 7.11. The van der Waals surface area contributed by atoms with E-state index >= 15 is 0 Å². The SMILES string of the molecule is Cc1nc(C(=O)N2CCCC2)cc(N2CCN(c3ccc(F)cc3)CC2)n1. The highest BCUT2D eigenvalue weighted by Gasteiger charge is 2.24. The number of carbonyl (C=O) groups excluding carboxylic acids is 1. The maximum atomic E-state index is 13.1. The van der Waals surface area contributed by atoms with Gasteiger partial charge in [0.05, 0.1) is 0 Å². The summed E-state index contributed by atoms with van der Waals surface area (Å²) >= 11 is 0. The van der Waals surface area contributed by atoms with Crippen molar-refractivity contribution in [3.63, 3.8) is 0 Å².